The Hall–Kier alpha value is -1.61. The lowest BCUT2D eigenvalue weighted by Gasteiger charge is -2.19. The van der Waals surface area contributed by atoms with Crippen LogP contribution in [0.3, 0.4) is 0 Å². The molecule has 0 spiro atoms. The van der Waals surface area contributed by atoms with E-state index in [1.807, 2.05) is 18.5 Å². The molecule has 1 aromatic carbocycles. The number of para-hydroxylation sites is 2. The van der Waals surface area contributed by atoms with Crippen LogP contribution >= 0.6 is 0 Å². The number of fused-ring (bicyclic) bond motifs is 1. The molecule has 3 nitrogen and oxygen atoms in total. The van der Waals surface area contributed by atoms with Crippen molar-refractivity contribution in [3.63, 3.8) is 0 Å². The standard InChI is InChI=1S/C15H21N3/c1-4-9-16-14(12(2)3)10-18-11-17-13-7-5-6-8-15(13)18/h5-8,11,14,16H,2,4,9-10H2,1,3H3. The molecule has 0 saturated carbocycles. The second-order valence-corrected chi connectivity index (χ2v) is 4.74. The summed E-state index contributed by atoms with van der Waals surface area (Å²) in [4.78, 5) is 4.42. The second-order valence-electron chi connectivity index (χ2n) is 4.74. The van der Waals surface area contributed by atoms with Gasteiger partial charge in [0.1, 0.15) is 0 Å². The number of hydrogen-bond donors (Lipinski definition) is 1. The molecule has 2 rings (SSSR count). The molecule has 18 heavy (non-hydrogen) atoms. The first-order chi connectivity index (χ1) is 8.72. The van der Waals surface area contributed by atoms with Crippen LogP contribution in [0.25, 0.3) is 11.0 Å². The van der Waals surface area contributed by atoms with Gasteiger partial charge in [-0.15, -0.1) is 0 Å². The lowest BCUT2D eigenvalue weighted by molar-refractivity contribution is 0.502. The summed E-state index contributed by atoms with van der Waals surface area (Å²) in [5.41, 5.74) is 3.40. The monoisotopic (exact) mass is 243 g/mol. The second kappa shape index (κ2) is 5.83. The highest BCUT2D eigenvalue weighted by Gasteiger charge is 2.11. The van der Waals surface area contributed by atoms with Gasteiger partial charge in [-0.05, 0) is 32.0 Å². The van der Waals surface area contributed by atoms with Gasteiger partial charge in [0.05, 0.1) is 17.4 Å². The van der Waals surface area contributed by atoms with E-state index in [2.05, 4.69) is 47.4 Å². The number of imidazole rings is 1. The average molecular weight is 243 g/mol. The van der Waals surface area contributed by atoms with E-state index in [1.165, 1.54) is 11.1 Å². The smallest absolute Gasteiger partial charge is 0.0958 e. The fraction of sp³-hybridized carbons (Fsp3) is 0.400. The fourth-order valence-corrected chi connectivity index (χ4v) is 2.07. The minimum Gasteiger partial charge on any atom is -0.329 e. The molecule has 0 amide bonds. The Labute approximate surface area is 109 Å². The van der Waals surface area contributed by atoms with Crippen molar-refractivity contribution in [1.82, 2.24) is 14.9 Å². The van der Waals surface area contributed by atoms with E-state index in [0.717, 1.165) is 25.0 Å². The van der Waals surface area contributed by atoms with Crippen LogP contribution in [-0.2, 0) is 6.54 Å². The number of rotatable bonds is 6. The fourth-order valence-electron chi connectivity index (χ4n) is 2.07. The Morgan fingerprint density at radius 1 is 1.44 bits per heavy atom. The van der Waals surface area contributed by atoms with Crippen LogP contribution in [0.1, 0.15) is 20.3 Å². The van der Waals surface area contributed by atoms with E-state index in [9.17, 15) is 0 Å². The van der Waals surface area contributed by atoms with E-state index in [4.69, 9.17) is 0 Å². The zero-order valence-electron chi connectivity index (χ0n) is 11.2. The van der Waals surface area contributed by atoms with Gasteiger partial charge < -0.3 is 9.88 Å². The topological polar surface area (TPSA) is 29.9 Å². The van der Waals surface area contributed by atoms with Gasteiger partial charge >= 0.3 is 0 Å². The molecule has 1 N–H and O–H groups in total. The lowest BCUT2D eigenvalue weighted by Crippen LogP contribution is -2.34. The first-order valence-electron chi connectivity index (χ1n) is 6.51. The van der Waals surface area contributed by atoms with Crippen molar-refractivity contribution in [2.24, 2.45) is 0 Å². The molecule has 0 aliphatic carbocycles. The predicted molar refractivity (Wildman–Crippen MR) is 76.6 cm³/mol. The molecule has 2 aromatic rings. The molecule has 1 aromatic heterocycles. The maximum atomic E-state index is 4.42. The molecule has 0 saturated heterocycles. The Balaban J connectivity index is 2.18. The third-order valence-electron chi connectivity index (χ3n) is 3.14. The predicted octanol–water partition coefficient (Wildman–Crippen LogP) is 2.98. The Morgan fingerprint density at radius 2 is 2.22 bits per heavy atom. The van der Waals surface area contributed by atoms with Crippen LogP contribution < -0.4 is 5.32 Å². The van der Waals surface area contributed by atoms with Gasteiger partial charge in [-0.3, -0.25) is 0 Å². The van der Waals surface area contributed by atoms with Gasteiger partial charge in [-0.25, -0.2) is 4.98 Å². The molecule has 3 heteroatoms. The van der Waals surface area contributed by atoms with E-state index in [1.54, 1.807) is 0 Å². The van der Waals surface area contributed by atoms with Gasteiger partial charge in [0.2, 0.25) is 0 Å². The molecule has 1 atom stereocenters. The number of benzene rings is 1. The number of nitrogens with one attached hydrogen (secondary N) is 1. The summed E-state index contributed by atoms with van der Waals surface area (Å²) in [6, 6.07) is 8.53. The van der Waals surface area contributed by atoms with Gasteiger partial charge in [0.25, 0.3) is 0 Å². The van der Waals surface area contributed by atoms with Crippen molar-refractivity contribution in [2.45, 2.75) is 32.9 Å². The largest absolute Gasteiger partial charge is 0.329 e. The number of nitrogens with zero attached hydrogens (tertiary/aromatic N) is 2. The Kier molecular flexibility index (Phi) is 4.15. The molecule has 0 radical (unpaired) electrons. The summed E-state index contributed by atoms with van der Waals surface area (Å²) in [6.07, 6.45) is 3.04. The van der Waals surface area contributed by atoms with E-state index in [-0.39, 0.29) is 0 Å². The Bertz CT molecular complexity index is 527. The van der Waals surface area contributed by atoms with Crippen molar-refractivity contribution in [2.75, 3.05) is 6.54 Å². The van der Waals surface area contributed by atoms with Crippen molar-refractivity contribution in [1.29, 1.82) is 0 Å². The quantitative estimate of drug-likeness (QED) is 0.790. The highest BCUT2D eigenvalue weighted by Crippen LogP contribution is 2.13. The Morgan fingerprint density at radius 3 is 2.94 bits per heavy atom. The summed E-state index contributed by atoms with van der Waals surface area (Å²) < 4.78 is 2.19. The zero-order valence-corrected chi connectivity index (χ0v) is 11.2. The summed E-state index contributed by atoms with van der Waals surface area (Å²) in [7, 11) is 0. The molecule has 0 bridgehead atoms. The minimum absolute atomic E-state index is 0.308. The molecular weight excluding hydrogens is 222 g/mol. The van der Waals surface area contributed by atoms with Gasteiger partial charge in [-0.2, -0.15) is 0 Å². The average Bonchev–Trinajstić information content (AvgIpc) is 2.77. The SMILES string of the molecule is C=C(C)C(Cn1cnc2ccccc21)NCCC. The normalized spacial score (nSPS) is 12.8. The molecule has 0 fully saturated rings. The molecule has 0 aliphatic heterocycles. The summed E-state index contributed by atoms with van der Waals surface area (Å²) >= 11 is 0. The van der Waals surface area contributed by atoms with E-state index < -0.39 is 0 Å². The molecule has 1 heterocycles. The highest BCUT2D eigenvalue weighted by molar-refractivity contribution is 5.74. The maximum absolute atomic E-state index is 4.42. The van der Waals surface area contributed by atoms with Crippen molar-refractivity contribution in [3.05, 3.63) is 42.7 Å². The highest BCUT2D eigenvalue weighted by atomic mass is 15.1. The first kappa shape index (κ1) is 12.8. The van der Waals surface area contributed by atoms with Crippen LogP contribution in [0, 0.1) is 0 Å². The summed E-state index contributed by atoms with van der Waals surface area (Å²) in [5, 5.41) is 3.52. The first-order valence-corrected chi connectivity index (χ1v) is 6.51. The minimum atomic E-state index is 0.308. The third-order valence-corrected chi connectivity index (χ3v) is 3.14. The lowest BCUT2D eigenvalue weighted by atomic mass is 10.1. The van der Waals surface area contributed by atoms with Crippen molar-refractivity contribution in [3.8, 4) is 0 Å². The molecule has 0 aliphatic rings. The van der Waals surface area contributed by atoms with E-state index in [0.29, 0.717) is 6.04 Å². The molecular formula is C15H21N3. The van der Waals surface area contributed by atoms with E-state index >= 15 is 0 Å². The summed E-state index contributed by atoms with van der Waals surface area (Å²) in [5.74, 6) is 0. The zero-order chi connectivity index (χ0) is 13.0. The molecule has 96 valence electrons. The molecule has 1 unspecified atom stereocenters. The van der Waals surface area contributed by atoms with Crippen molar-refractivity contribution < 1.29 is 0 Å². The van der Waals surface area contributed by atoms with Gasteiger partial charge in [0.15, 0.2) is 0 Å². The van der Waals surface area contributed by atoms with Crippen LogP contribution in [-0.4, -0.2) is 22.1 Å². The van der Waals surface area contributed by atoms with Crippen molar-refractivity contribution >= 4 is 11.0 Å². The van der Waals surface area contributed by atoms with Gasteiger partial charge in [-0.1, -0.05) is 31.2 Å². The van der Waals surface area contributed by atoms with Crippen LogP contribution in [0.5, 0.6) is 0 Å². The van der Waals surface area contributed by atoms with Crippen LogP contribution in [0.15, 0.2) is 42.7 Å². The maximum Gasteiger partial charge on any atom is 0.0958 e. The van der Waals surface area contributed by atoms with Gasteiger partial charge in [0, 0.05) is 12.6 Å². The number of aromatic nitrogens is 2. The third kappa shape index (κ3) is 2.79. The van der Waals surface area contributed by atoms with Crippen LogP contribution in [0.2, 0.25) is 0 Å². The van der Waals surface area contributed by atoms with Crippen LogP contribution in [0.4, 0.5) is 0 Å². The summed E-state index contributed by atoms with van der Waals surface area (Å²) in [6.45, 7) is 10.2. The number of hydrogen-bond acceptors (Lipinski definition) is 2.